The van der Waals surface area contributed by atoms with Gasteiger partial charge in [-0.3, -0.25) is 9.69 Å². The maximum atomic E-state index is 11.7. The molecule has 1 aromatic rings. The Labute approximate surface area is 127 Å². The van der Waals surface area contributed by atoms with Crippen LogP contribution in [-0.2, 0) is 17.8 Å². The molecule has 3 rings (SSSR count). The molecule has 4 nitrogen and oxygen atoms in total. The molecule has 21 heavy (non-hydrogen) atoms. The van der Waals surface area contributed by atoms with Crippen LogP contribution in [0.2, 0.25) is 0 Å². The number of hydrogen-bond donors (Lipinski definition) is 1. The van der Waals surface area contributed by atoms with E-state index in [1.54, 1.807) is 4.90 Å². The molecule has 2 heterocycles. The monoisotopic (exact) mass is 287 g/mol. The zero-order valence-corrected chi connectivity index (χ0v) is 13.1. The highest BCUT2D eigenvalue weighted by Crippen LogP contribution is 2.28. The molecule has 2 aliphatic heterocycles. The molecule has 1 N–H and O–H groups in total. The van der Waals surface area contributed by atoms with E-state index in [1.807, 2.05) is 7.05 Å². The van der Waals surface area contributed by atoms with Crippen LogP contribution in [0.25, 0.3) is 0 Å². The molecular weight excluding hydrogens is 262 g/mol. The van der Waals surface area contributed by atoms with Crippen molar-refractivity contribution in [2.24, 2.45) is 0 Å². The zero-order valence-electron chi connectivity index (χ0n) is 13.1. The minimum atomic E-state index is 0.225. The van der Waals surface area contributed by atoms with Crippen molar-refractivity contribution in [1.82, 2.24) is 10.2 Å². The molecule has 0 radical (unpaired) electrons. The number of carbonyl (C=O) groups is 1. The Morgan fingerprint density at radius 1 is 1.33 bits per heavy atom. The van der Waals surface area contributed by atoms with Crippen LogP contribution in [0.1, 0.15) is 30.4 Å². The van der Waals surface area contributed by atoms with Crippen molar-refractivity contribution in [3.63, 3.8) is 0 Å². The fraction of sp³-hybridized carbons (Fsp3) is 0.588. The van der Waals surface area contributed by atoms with Crippen LogP contribution in [-0.4, -0.2) is 44.0 Å². The lowest BCUT2D eigenvalue weighted by Gasteiger charge is -2.33. The number of piperidine rings is 1. The lowest BCUT2D eigenvalue weighted by atomic mass is 9.98. The molecular formula is C17H25N3O. The number of fused-ring (bicyclic) bond motifs is 1. The first-order valence-corrected chi connectivity index (χ1v) is 7.95. The number of aryl methyl sites for hydroxylation is 1. The number of likely N-dealkylation sites (tertiary alicyclic amines) is 1. The number of anilines is 1. The van der Waals surface area contributed by atoms with Gasteiger partial charge in [0.15, 0.2) is 0 Å². The van der Waals surface area contributed by atoms with E-state index in [-0.39, 0.29) is 5.91 Å². The number of amides is 1. The zero-order chi connectivity index (χ0) is 14.8. The van der Waals surface area contributed by atoms with Crippen molar-refractivity contribution >= 4 is 11.6 Å². The molecule has 4 heteroatoms. The predicted octanol–water partition coefficient (Wildman–Crippen LogP) is 1.78. The number of rotatable bonds is 3. The first kappa shape index (κ1) is 14.5. The quantitative estimate of drug-likeness (QED) is 0.920. The third-order valence-corrected chi connectivity index (χ3v) is 4.81. The number of benzene rings is 1. The number of hydrogen-bond acceptors (Lipinski definition) is 3. The Hall–Kier alpha value is -1.39. The van der Waals surface area contributed by atoms with Gasteiger partial charge in [-0.25, -0.2) is 0 Å². The third-order valence-electron chi connectivity index (χ3n) is 4.81. The van der Waals surface area contributed by atoms with E-state index in [1.165, 1.54) is 30.5 Å². The fourth-order valence-electron chi connectivity index (χ4n) is 3.50. The Morgan fingerprint density at radius 3 is 3.00 bits per heavy atom. The first-order chi connectivity index (χ1) is 10.2. The largest absolute Gasteiger partial charge is 0.316 e. The Kier molecular flexibility index (Phi) is 4.27. The van der Waals surface area contributed by atoms with Gasteiger partial charge in [0.25, 0.3) is 0 Å². The number of carbonyl (C=O) groups excluding carboxylic acids is 1. The first-order valence-electron chi connectivity index (χ1n) is 7.95. The van der Waals surface area contributed by atoms with Crippen molar-refractivity contribution in [3.05, 3.63) is 29.3 Å². The van der Waals surface area contributed by atoms with Gasteiger partial charge in [-0.05, 0) is 50.0 Å². The number of likely N-dealkylation sites (N-methyl/N-ethyl adjacent to an activating group) is 1. The summed E-state index contributed by atoms with van der Waals surface area (Å²) in [6, 6.07) is 7.21. The van der Waals surface area contributed by atoms with Gasteiger partial charge in [0.05, 0.1) is 0 Å². The number of nitrogens with zero attached hydrogens (tertiary/aromatic N) is 2. The molecule has 2 aliphatic rings. The maximum absolute atomic E-state index is 11.7. The molecule has 114 valence electrons. The normalized spacial score (nSPS) is 23.2. The van der Waals surface area contributed by atoms with Gasteiger partial charge in [-0.15, -0.1) is 0 Å². The molecule has 0 aliphatic carbocycles. The highest BCUT2D eigenvalue weighted by molar-refractivity contribution is 5.95. The third kappa shape index (κ3) is 3.11. The molecule has 0 aromatic heterocycles. The smallest absolute Gasteiger partial charge is 0.227 e. The summed E-state index contributed by atoms with van der Waals surface area (Å²) in [6.07, 6.45) is 4.07. The summed E-state index contributed by atoms with van der Waals surface area (Å²) < 4.78 is 0. The highest BCUT2D eigenvalue weighted by atomic mass is 16.2. The van der Waals surface area contributed by atoms with Crippen molar-refractivity contribution in [3.8, 4) is 0 Å². The van der Waals surface area contributed by atoms with Gasteiger partial charge in [0.1, 0.15) is 0 Å². The summed E-state index contributed by atoms with van der Waals surface area (Å²) in [7, 11) is 3.93. The molecule has 1 unspecified atom stereocenters. The summed E-state index contributed by atoms with van der Waals surface area (Å²) in [5.74, 6) is 0.225. The standard InChI is InChI=1S/C17H25N3O/c1-18-15-4-3-9-20(12-15)11-13-5-7-16-14(10-13)6-8-17(21)19(16)2/h5,7,10,15,18H,3-4,6,8-9,11-12H2,1-2H3. The summed E-state index contributed by atoms with van der Waals surface area (Å²) in [6.45, 7) is 3.34. The second-order valence-corrected chi connectivity index (χ2v) is 6.28. The van der Waals surface area contributed by atoms with E-state index in [2.05, 4.69) is 35.5 Å². The van der Waals surface area contributed by atoms with Gasteiger partial charge in [0, 0.05) is 38.3 Å². The van der Waals surface area contributed by atoms with E-state index in [9.17, 15) is 4.79 Å². The average Bonchev–Trinajstić information content (AvgIpc) is 2.51. The lowest BCUT2D eigenvalue weighted by Crippen LogP contribution is -2.43. The fourth-order valence-corrected chi connectivity index (χ4v) is 3.50. The van der Waals surface area contributed by atoms with Crippen LogP contribution in [0.3, 0.4) is 0 Å². The van der Waals surface area contributed by atoms with E-state index in [0.29, 0.717) is 12.5 Å². The van der Waals surface area contributed by atoms with E-state index in [0.717, 1.165) is 25.2 Å². The SMILES string of the molecule is CNC1CCCN(Cc2ccc3c(c2)CCC(=O)N3C)C1. The van der Waals surface area contributed by atoms with E-state index < -0.39 is 0 Å². The summed E-state index contributed by atoms with van der Waals surface area (Å²) >= 11 is 0. The van der Waals surface area contributed by atoms with Gasteiger partial charge in [-0.2, -0.15) is 0 Å². The highest BCUT2D eigenvalue weighted by Gasteiger charge is 2.22. The summed E-state index contributed by atoms with van der Waals surface area (Å²) in [4.78, 5) is 16.1. The van der Waals surface area contributed by atoms with E-state index >= 15 is 0 Å². The van der Waals surface area contributed by atoms with Gasteiger partial charge in [-0.1, -0.05) is 12.1 Å². The van der Waals surface area contributed by atoms with Crippen LogP contribution in [0, 0.1) is 0 Å². The van der Waals surface area contributed by atoms with Crippen molar-refractivity contribution in [2.75, 3.05) is 32.1 Å². The maximum Gasteiger partial charge on any atom is 0.227 e. The van der Waals surface area contributed by atoms with Crippen LogP contribution in [0.4, 0.5) is 5.69 Å². The second kappa shape index (κ2) is 6.16. The predicted molar refractivity (Wildman–Crippen MR) is 85.5 cm³/mol. The summed E-state index contributed by atoms with van der Waals surface area (Å²) in [5, 5.41) is 3.39. The Balaban J connectivity index is 1.71. The topological polar surface area (TPSA) is 35.6 Å². The molecule has 0 spiro atoms. The van der Waals surface area contributed by atoms with Gasteiger partial charge >= 0.3 is 0 Å². The molecule has 1 amide bonds. The Bertz CT molecular complexity index is 529. The minimum Gasteiger partial charge on any atom is -0.316 e. The molecule has 0 saturated carbocycles. The van der Waals surface area contributed by atoms with Crippen LogP contribution in [0.15, 0.2) is 18.2 Å². The molecule has 1 fully saturated rings. The van der Waals surface area contributed by atoms with Crippen molar-refractivity contribution in [1.29, 1.82) is 0 Å². The van der Waals surface area contributed by atoms with Gasteiger partial charge in [0.2, 0.25) is 5.91 Å². The minimum absolute atomic E-state index is 0.225. The molecule has 1 saturated heterocycles. The lowest BCUT2D eigenvalue weighted by molar-refractivity contribution is -0.118. The van der Waals surface area contributed by atoms with Crippen molar-refractivity contribution < 1.29 is 4.79 Å². The number of nitrogens with one attached hydrogen (secondary N) is 1. The van der Waals surface area contributed by atoms with Crippen LogP contribution < -0.4 is 10.2 Å². The molecule has 1 atom stereocenters. The van der Waals surface area contributed by atoms with Crippen LogP contribution >= 0.6 is 0 Å². The van der Waals surface area contributed by atoms with E-state index in [4.69, 9.17) is 0 Å². The average molecular weight is 287 g/mol. The van der Waals surface area contributed by atoms with Crippen LogP contribution in [0.5, 0.6) is 0 Å². The van der Waals surface area contributed by atoms with Crippen molar-refractivity contribution in [2.45, 2.75) is 38.3 Å². The molecule has 0 bridgehead atoms. The van der Waals surface area contributed by atoms with Gasteiger partial charge < -0.3 is 10.2 Å². The second-order valence-electron chi connectivity index (χ2n) is 6.28. The molecule has 1 aromatic carbocycles. The summed E-state index contributed by atoms with van der Waals surface area (Å²) in [5.41, 5.74) is 3.77. The Morgan fingerprint density at radius 2 is 2.19 bits per heavy atom.